The van der Waals surface area contributed by atoms with Gasteiger partial charge in [0.25, 0.3) is 0 Å². The summed E-state index contributed by atoms with van der Waals surface area (Å²) in [4.78, 5) is 30.9. The van der Waals surface area contributed by atoms with E-state index in [2.05, 4.69) is 9.97 Å². The van der Waals surface area contributed by atoms with Crippen LogP contribution in [0.1, 0.15) is 26.5 Å². The maximum Gasteiger partial charge on any atom is 0.355 e. The molecule has 0 aliphatic rings. The third-order valence-corrected chi connectivity index (χ3v) is 4.26. The maximum absolute atomic E-state index is 12.5. The van der Waals surface area contributed by atoms with Gasteiger partial charge in [0, 0.05) is 33.1 Å². The predicted molar refractivity (Wildman–Crippen MR) is 95.9 cm³/mol. The van der Waals surface area contributed by atoms with Gasteiger partial charge in [-0.25, -0.2) is 4.79 Å². The van der Waals surface area contributed by atoms with E-state index >= 15 is 0 Å². The van der Waals surface area contributed by atoms with Crippen molar-refractivity contribution in [3.8, 4) is 0 Å². The topological polar surface area (TPSA) is 75.0 Å². The van der Waals surface area contributed by atoms with Crippen molar-refractivity contribution in [2.75, 3.05) is 6.61 Å². The summed E-state index contributed by atoms with van der Waals surface area (Å²) < 4.78 is 5.21. The van der Waals surface area contributed by atoms with Crippen LogP contribution in [0, 0.1) is 6.92 Å². The minimum Gasteiger partial charge on any atom is -0.453 e. The summed E-state index contributed by atoms with van der Waals surface area (Å²) >= 11 is 0. The van der Waals surface area contributed by atoms with Gasteiger partial charge in [0.2, 0.25) is 5.78 Å². The molecule has 0 unspecified atom stereocenters. The van der Waals surface area contributed by atoms with Crippen molar-refractivity contribution in [2.45, 2.75) is 6.92 Å². The molecule has 2 aromatic carbocycles. The fourth-order valence-electron chi connectivity index (χ4n) is 3.10. The molecule has 0 aliphatic carbocycles. The zero-order valence-corrected chi connectivity index (χ0v) is 13.6. The summed E-state index contributed by atoms with van der Waals surface area (Å²) in [6, 6.07) is 16.9. The van der Waals surface area contributed by atoms with Crippen LogP contribution in [-0.4, -0.2) is 28.3 Å². The van der Waals surface area contributed by atoms with E-state index in [9.17, 15) is 9.59 Å². The first-order valence-electron chi connectivity index (χ1n) is 7.99. The molecule has 0 saturated heterocycles. The Morgan fingerprint density at radius 1 is 0.960 bits per heavy atom. The highest BCUT2D eigenvalue weighted by atomic mass is 16.5. The van der Waals surface area contributed by atoms with E-state index in [-0.39, 0.29) is 12.4 Å². The Balaban J connectivity index is 1.53. The number of H-pyrrole nitrogens is 2. The predicted octanol–water partition coefficient (Wildman–Crippen LogP) is 4.00. The van der Waals surface area contributed by atoms with E-state index in [1.165, 1.54) is 0 Å². The molecular weight excluding hydrogens is 316 g/mol. The molecular formula is C20H16N2O3. The van der Waals surface area contributed by atoms with E-state index < -0.39 is 5.97 Å². The lowest BCUT2D eigenvalue weighted by atomic mass is 10.1. The van der Waals surface area contributed by atoms with Gasteiger partial charge >= 0.3 is 5.97 Å². The molecule has 2 N–H and O–H groups in total. The highest BCUT2D eigenvalue weighted by Crippen LogP contribution is 2.22. The number of benzene rings is 2. The van der Waals surface area contributed by atoms with Crippen molar-refractivity contribution >= 4 is 33.6 Å². The zero-order valence-electron chi connectivity index (χ0n) is 13.6. The highest BCUT2D eigenvalue weighted by Gasteiger charge is 2.18. The Hall–Kier alpha value is -3.34. The van der Waals surface area contributed by atoms with Crippen LogP contribution in [0.25, 0.3) is 21.8 Å². The van der Waals surface area contributed by atoms with Gasteiger partial charge in [-0.05, 0) is 25.1 Å². The number of aromatic amines is 2. The van der Waals surface area contributed by atoms with E-state index in [4.69, 9.17) is 4.74 Å². The van der Waals surface area contributed by atoms with Gasteiger partial charge in [-0.3, -0.25) is 4.79 Å². The van der Waals surface area contributed by atoms with Crippen molar-refractivity contribution in [1.29, 1.82) is 0 Å². The number of hydrogen-bond donors (Lipinski definition) is 2. The molecule has 0 amide bonds. The van der Waals surface area contributed by atoms with Crippen LogP contribution in [-0.2, 0) is 4.74 Å². The minimum atomic E-state index is -0.540. The molecule has 2 heterocycles. The molecule has 4 rings (SSSR count). The Morgan fingerprint density at radius 2 is 1.68 bits per heavy atom. The lowest BCUT2D eigenvalue weighted by molar-refractivity contribution is 0.0470. The summed E-state index contributed by atoms with van der Waals surface area (Å²) in [5.41, 5.74) is 3.43. The number of carbonyl (C=O) groups excluding carboxylic acids is 2. The van der Waals surface area contributed by atoms with E-state index in [1.807, 2.05) is 55.5 Å². The van der Waals surface area contributed by atoms with Crippen molar-refractivity contribution in [3.05, 3.63) is 71.5 Å². The fraction of sp³-hybridized carbons (Fsp3) is 0.100. The second kappa shape index (κ2) is 5.94. The SMILES string of the molecule is Cc1[nH]c2ccccc2c1C(=O)COC(=O)c1cc2ccccc2[nH]1. The average Bonchev–Trinajstić information content (AvgIpc) is 3.19. The molecule has 0 aliphatic heterocycles. The summed E-state index contributed by atoms with van der Waals surface area (Å²) in [5, 5.41) is 1.76. The van der Waals surface area contributed by atoms with E-state index in [1.54, 1.807) is 6.07 Å². The molecule has 0 spiro atoms. The van der Waals surface area contributed by atoms with Gasteiger partial charge in [-0.2, -0.15) is 0 Å². The molecule has 124 valence electrons. The van der Waals surface area contributed by atoms with E-state index in [0.717, 1.165) is 27.5 Å². The van der Waals surface area contributed by atoms with Crippen LogP contribution in [0.15, 0.2) is 54.6 Å². The molecule has 0 fully saturated rings. The third-order valence-electron chi connectivity index (χ3n) is 4.26. The first-order valence-corrected chi connectivity index (χ1v) is 7.99. The number of esters is 1. The van der Waals surface area contributed by atoms with E-state index in [0.29, 0.717) is 11.3 Å². The summed E-state index contributed by atoms with van der Waals surface area (Å²) in [7, 11) is 0. The van der Waals surface area contributed by atoms with Gasteiger partial charge in [-0.1, -0.05) is 36.4 Å². The van der Waals surface area contributed by atoms with Crippen molar-refractivity contribution < 1.29 is 14.3 Å². The number of rotatable bonds is 4. The van der Waals surface area contributed by atoms with Crippen LogP contribution in [0.4, 0.5) is 0 Å². The zero-order chi connectivity index (χ0) is 17.4. The van der Waals surface area contributed by atoms with Crippen LogP contribution in [0.3, 0.4) is 0 Å². The Kier molecular flexibility index (Phi) is 3.61. The van der Waals surface area contributed by atoms with Gasteiger partial charge < -0.3 is 14.7 Å². The third kappa shape index (κ3) is 2.70. The van der Waals surface area contributed by atoms with Crippen LogP contribution in [0.2, 0.25) is 0 Å². The standard InChI is InChI=1S/C20H16N2O3/c1-12-19(14-7-3-5-9-16(14)21-12)18(23)11-25-20(24)17-10-13-6-2-4-8-15(13)22-17/h2-10,21-22H,11H2,1H3. The molecule has 5 heteroatoms. The number of Topliss-reactive ketones (excluding diaryl/α,β-unsaturated/α-hetero) is 1. The van der Waals surface area contributed by atoms with Crippen molar-refractivity contribution in [2.24, 2.45) is 0 Å². The number of nitrogens with one attached hydrogen (secondary N) is 2. The Bertz CT molecular complexity index is 1070. The monoisotopic (exact) mass is 332 g/mol. The molecule has 5 nitrogen and oxygen atoms in total. The number of ketones is 1. The summed E-state index contributed by atoms with van der Waals surface area (Å²) in [5.74, 6) is -0.763. The Morgan fingerprint density at radius 3 is 2.48 bits per heavy atom. The van der Waals surface area contributed by atoms with Gasteiger partial charge in [0.1, 0.15) is 5.69 Å². The second-order valence-corrected chi connectivity index (χ2v) is 5.94. The second-order valence-electron chi connectivity index (χ2n) is 5.94. The lowest BCUT2D eigenvalue weighted by Crippen LogP contribution is -2.15. The smallest absolute Gasteiger partial charge is 0.355 e. The lowest BCUT2D eigenvalue weighted by Gasteiger charge is -2.03. The van der Waals surface area contributed by atoms with Crippen molar-refractivity contribution in [3.63, 3.8) is 0 Å². The maximum atomic E-state index is 12.5. The number of aromatic nitrogens is 2. The molecule has 2 aromatic heterocycles. The molecule has 4 aromatic rings. The fourth-order valence-corrected chi connectivity index (χ4v) is 3.10. The largest absolute Gasteiger partial charge is 0.453 e. The summed E-state index contributed by atoms with van der Waals surface area (Å²) in [6.45, 7) is 1.55. The Labute approximate surface area is 143 Å². The average molecular weight is 332 g/mol. The van der Waals surface area contributed by atoms with Gasteiger partial charge in [-0.15, -0.1) is 0 Å². The quantitative estimate of drug-likeness (QED) is 0.438. The highest BCUT2D eigenvalue weighted by molar-refractivity contribution is 6.10. The number of ether oxygens (including phenoxy) is 1. The number of carbonyl (C=O) groups is 2. The molecule has 0 radical (unpaired) electrons. The van der Waals surface area contributed by atoms with Crippen LogP contribution >= 0.6 is 0 Å². The van der Waals surface area contributed by atoms with Gasteiger partial charge in [0.05, 0.1) is 0 Å². The van der Waals surface area contributed by atoms with Crippen LogP contribution in [0.5, 0.6) is 0 Å². The first kappa shape index (κ1) is 15.2. The van der Waals surface area contributed by atoms with Crippen molar-refractivity contribution in [1.82, 2.24) is 9.97 Å². The summed E-state index contributed by atoms with van der Waals surface area (Å²) in [6.07, 6.45) is 0. The minimum absolute atomic E-state index is 0.223. The van der Waals surface area contributed by atoms with Crippen LogP contribution < -0.4 is 0 Å². The number of hydrogen-bond acceptors (Lipinski definition) is 3. The van der Waals surface area contributed by atoms with Gasteiger partial charge in [0.15, 0.2) is 6.61 Å². The molecule has 0 saturated carbocycles. The number of aryl methyl sites for hydroxylation is 1. The number of para-hydroxylation sites is 2. The molecule has 0 atom stereocenters. The first-order chi connectivity index (χ1) is 12.1. The normalized spacial score (nSPS) is 11.1. The number of fused-ring (bicyclic) bond motifs is 2. The molecule has 0 bridgehead atoms. The molecule has 25 heavy (non-hydrogen) atoms.